The molecule has 0 aromatic heterocycles. The number of alkyl halides is 3. The van der Waals surface area contributed by atoms with Crippen molar-refractivity contribution < 1.29 is 4.57 Å². The average molecular weight is 340 g/mol. The Morgan fingerprint density at radius 3 is 2.12 bits per heavy atom. The predicted octanol–water partition coefficient (Wildman–Crippen LogP) is 6.16. The molecule has 1 atom stereocenters. The van der Waals surface area contributed by atoms with Crippen molar-refractivity contribution in [2.45, 2.75) is 15.9 Å². The summed E-state index contributed by atoms with van der Waals surface area (Å²) in [4.78, 5) is 0. The molecule has 1 unspecified atom stereocenters. The topological polar surface area (TPSA) is 17.1 Å². The smallest absolute Gasteiger partial charge is 0.286 e. The van der Waals surface area contributed by atoms with Crippen LogP contribution in [0.3, 0.4) is 0 Å². The van der Waals surface area contributed by atoms with Gasteiger partial charge < -0.3 is 0 Å². The van der Waals surface area contributed by atoms with Crippen molar-refractivity contribution in [3.05, 3.63) is 35.9 Å². The second-order valence-electron chi connectivity index (χ2n) is 3.21. The minimum absolute atomic E-state index is 0.00591. The summed E-state index contributed by atoms with van der Waals surface area (Å²) in [7, 11) is 0. The highest BCUT2D eigenvalue weighted by Gasteiger charge is 2.44. The van der Waals surface area contributed by atoms with Gasteiger partial charge in [-0.1, -0.05) is 53.5 Å². The fraction of sp³-hybridized carbons (Fsp3) is 0.333. The van der Waals surface area contributed by atoms with Crippen LogP contribution in [-0.4, -0.2) is 4.07 Å². The van der Waals surface area contributed by atoms with Gasteiger partial charge in [0, 0.05) is 6.42 Å². The van der Waals surface area contributed by atoms with Crippen LogP contribution in [0.4, 0.5) is 0 Å². The second kappa shape index (κ2) is 5.69. The third kappa shape index (κ3) is 3.98. The molecule has 1 aromatic rings. The molecule has 1 nitrogen and oxygen atoms in total. The van der Waals surface area contributed by atoms with E-state index in [2.05, 4.69) is 0 Å². The quantitative estimate of drug-likeness (QED) is 0.474. The molecule has 0 fully saturated rings. The Hall–Kier alpha value is 0.900. The van der Waals surface area contributed by atoms with Crippen LogP contribution in [0.2, 0.25) is 0 Å². The minimum Gasteiger partial charge on any atom is -0.286 e. The summed E-state index contributed by atoms with van der Waals surface area (Å²) in [6, 6.07) is 9.14. The lowest BCUT2D eigenvalue weighted by molar-refractivity contribution is 0.584. The largest absolute Gasteiger partial charge is 0.287 e. The molecule has 90 valence electrons. The molecule has 0 bridgehead atoms. The van der Waals surface area contributed by atoms with Gasteiger partial charge in [-0.3, -0.25) is 4.57 Å². The van der Waals surface area contributed by atoms with E-state index in [0.717, 1.165) is 5.56 Å². The zero-order valence-corrected chi connectivity index (χ0v) is 12.6. The molecule has 0 aliphatic carbocycles. The number of benzene rings is 1. The van der Waals surface area contributed by atoms with Gasteiger partial charge in [0.1, 0.15) is 0 Å². The van der Waals surface area contributed by atoms with Gasteiger partial charge >= 0.3 is 0 Å². The lowest BCUT2D eigenvalue weighted by atomic mass is 10.1. The molecule has 0 saturated heterocycles. The molecule has 7 heteroatoms. The Morgan fingerprint density at radius 2 is 1.69 bits per heavy atom. The Balaban J connectivity index is 2.80. The molecular formula is C9H8Cl5OP. The summed E-state index contributed by atoms with van der Waals surface area (Å²) in [5.41, 5.74) is 0.816. The van der Waals surface area contributed by atoms with Crippen molar-refractivity contribution in [1.82, 2.24) is 0 Å². The first kappa shape index (κ1) is 15.0. The first-order valence-electron chi connectivity index (χ1n) is 4.30. The summed E-state index contributed by atoms with van der Waals surface area (Å²) in [6.07, 6.45) is 0.00591. The lowest BCUT2D eigenvalue weighted by Gasteiger charge is -2.23. The van der Waals surface area contributed by atoms with Gasteiger partial charge in [-0.25, -0.2) is 0 Å². The van der Waals surface area contributed by atoms with Gasteiger partial charge in [0.15, 0.2) is 4.07 Å². The fourth-order valence-electron chi connectivity index (χ4n) is 1.10. The molecule has 0 spiro atoms. The molecule has 1 rings (SSSR count). The normalized spacial score (nSPS) is 14.8. The number of hydrogen-bond donors (Lipinski definition) is 0. The van der Waals surface area contributed by atoms with Gasteiger partial charge in [-0.05, 0) is 28.0 Å². The third-order valence-corrected chi connectivity index (χ3v) is 7.82. The maximum Gasteiger partial charge on any atom is 0.287 e. The van der Waals surface area contributed by atoms with E-state index >= 15 is 0 Å². The maximum absolute atomic E-state index is 11.4. The molecule has 0 heterocycles. The minimum atomic E-state index is -3.65. The summed E-state index contributed by atoms with van der Waals surface area (Å²) in [5, 5.41) is -0.498. The zero-order chi connectivity index (χ0) is 12.4. The van der Waals surface area contributed by atoms with Crippen LogP contribution in [-0.2, 0) is 4.57 Å². The van der Waals surface area contributed by atoms with E-state index in [1.54, 1.807) is 0 Å². The lowest BCUT2D eigenvalue weighted by Crippen LogP contribution is -2.11. The van der Waals surface area contributed by atoms with E-state index in [1.807, 2.05) is 30.3 Å². The van der Waals surface area contributed by atoms with Crippen LogP contribution >= 0.6 is 63.1 Å². The van der Waals surface area contributed by atoms with E-state index in [0.29, 0.717) is 0 Å². The highest BCUT2D eigenvalue weighted by Crippen LogP contribution is 2.73. The fourth-order valence-corrected chi connectivity index (χ4v) is 2.86. The summed E-state index contributed by atoms with van der Waals surface area (Å²) in [5.74, 6) is -3.65. The van der Waals surface area contributed by atoms with E-state index in [1.165, 1.54) is 0 Å². The molecule has 0 aliphatic rings. The van der Waals surface area contributed by atoms with Crippen LogP contribution in [0.5, 0.6) is 0 Å². The Bertz CT molecular complexity index is 388. The van der Waals surface area contributed by atoms with Gasteiger partial charge in [0.05, 0.1) is 5.38 Å². The van der Waals surface area contributed by atoms with E-state index in [9.17, 15) is 4.57 Å². The summed E-state index contributed by atoms with van der Waals surface area (Å²) in [6.45, 7) is 0. The Morgan fingerprint density at radius 1 is 1.19 bits per heavy atom. The third-order valence-electron chi connectivity index (χ3n) is 1.97. The summed E-state index contributed by atoms with van der Waals surface area (Å²) < 4.78 is 9.67. The van der Waals surface area contributed by atoms with E-state index in [4.69, 9.17) is 57.3 Å². The summed E-state index contributed by atoms with van der Waals surface area (Å²) >= 11 is 28.6. The molecular weight excluding hydrogens is 332 g/mol. The van der Waals surface area contributed by atoms with Crippen LogP contribution in [0.15, 0.2) is 30.3 Å². The highest BCUT2D eigenvalue weighted by atomic mass is 35.9. The van der Waals surface area contributed by atoms with Crippen molar-refractivity contribution in [1.29, 1.82) is 0 Å². The second-order valence-corrected chi connectivity index (χ2v) is 10.8. The van der Waals surface area contributed by atoms with Gasteiger partial charge in [-0.2, -0.15) is 0 Å². The maximum atomic E-state index is 11.4. The SMILES string of the molecule is O=P(Cl)(Cl)C(Cl)(Cl)CC(Cl)c1ccccc1. The van der Waals surface area contributed by atoms with Crippen LogP contribution < -0.4 is 0 Å². The standard InChI is InChI=1S/C9H8Cl5OP/c10-8(7-4-2-1-3-5-7)6-9(11,12)16(13,14)15/h1-5,8H,6H2. The van der Waals surface area contributed by atoms with Crippen molar-refractivity contribution in [2.75, 3.05) is 0 Å². The molecule has 1 aromatic carbocycles. The van der Waals surface area contributed by atoms with Crippen molar-refractivity contribution >= 4 is 63.1 Å². The highest BCUT2D eigenvalue weighted by molar-refractivity contribution is 8.11. The number of hydrogen-bond acceptors (Lipinski definition) is 1. The van der Waals surface area contributed by atoms with E-state index < -0.39 is 15.3 Å². The van der Waals surface area contributed by atoms with E-state index in [-0.39, 0.29) is 6.42 Å². The first-order chi connectivity index (χ1) is 7.24. The molecule has 0 N–H and O–H groups in total. The zero-order valence-electron chi connectivity index (χ0n) is 7.92. The van der Waals surface area contributed by atoms with Gasteiger partial charge in [0.2, 0.25) is 0 Å². The number of rotatable bonds is 4. The van der Waals surface area contributed by atoms with Crippen molar-refractivity contribution in [2.24, 2.45) is 0 Å². The average Bonchev–Trinajstić information content (AvgIpc) is 2.16. The molecule has 0 amide bonds. The molecule has 0 aliphatic heterocycles. The van der Waals surface area contributed by atoms with Gasteiger partial charge in [-0.15, -0.1) is 11.6 Å². The van der Waals surface area contributed by atoms with Crippen LogP contribution in [0.25, 0.3) is 0 Å². The van der Waals surface area contributed by atoms with Crippen LogP contribution in [0.1, 0.15) is 17.4 Å². The molecule has 0 radical (unpaired) electrons. The number of halogens is 5. The van der Waals surface area contributed by atoms with Crippen molar-refractivity contribution in [3.63, 3.8) is 0 Å². The predicted molar refractivity (Wildman–Crippen MR) is 73.4 cm³/mol. The van der Waals surface area contributed by atoms with Crippen molar-refractivity contribution in [3.8, 4) is 0 Å². The Labute approximate surface area is 119 Å². The molecule has 16 heavy (non-hydrogen) atoms. The molecule has 0 saturated carbocycles. The van der Waals surface area contributed by atoms with Gasteiger partial charge in [0.25, 0.3) is 5.85 Å². The van der Waals surface area contributed by atoms with Crippen LogP contribution in [0, 0.1) is 0 Å². The Kier molecular flexibility index (Phi) is 5.32. The first-order valence-corrected chi connectivity index (χ1v) is 9.01. The monoisotopic (exact) mass is 338 g/mol.